The van der Waals surface area contributed by atoms with Gasteiger partial charge in [-0.15, -0.1) is 0 Å². The molecule has 1 aromatic carbocycles. The second-order valence-corrected chi connectivity index (χ2v) is 6.57. The maximum Gasteiger partial charge on any atom is 0.255 e. The van der Waals surface area contributed by atoms with Gasteiger partial charge in [0.15, 0.2) is 0 Å². The predicted octanol–water partition coefficient (Wildman–Crippen LogP) is 2.57. The SMILES string of the molecule is CCOCC1Cc2c(ncn2C)CN1C(=O)c1ccnc2ccccc12. The number of hydrogen-bond acceptors (Lipinski definition) is 4. The lowest BCUT2D eigenvalue weighted by molar-refractivity contribution is 0.0388. The fraction of sp³-hybridized carbons (Fsp3) is 0.350. The molecule has 26 heavy (non-hydrogen) atoms. The molecule has 0 N–H and O–H groups in total. The number of hydrogen-bond donors (Lipinski definition) is 0. The third-order valence-electron chi connectivity index (χ3n) is 4.99. The van der Waals surface area contributed by atoms with Crippen LogP contribution in [-0.4, -0.2) is 44.6 Å². The van der Waals surface area contributed by atoms with E-state index in [1.807, 2.05) is 54.0 Å². The van der Waals surface area contributed by atoms with E-state index in [1.165, 1.54) is 5.69 Å². The summed E-state index contributed by atoms with van der Waals surface area (Å²) in [5, 5.41) is 0.877. The number of pyridine rings is 1. The number of nitrogens with zero attached hydrogens (tertiary/aromatic N) is 4. The van der Waals surface area contributed by atoms with E-state index in [9.17, 15) is 4.79 Å². The normalized spacial score (nSPS) is 16.7. The van der Waals surface area contributed by atoms with Gasteiger partial charge in [-0.2, -0.15) is 0 Å². The smallest absolute Gasteiger partial charge is 0.255 e. The molecule has 1 aliphatic heterocycles. The van der Waals surface area contributed by atoms with Gasteiger partial charge in [-0.05, 0) is 19.1 Å². The van der Waals surface area contributed by atoms with Crippen LogP contribution >= 0.6 is 0 Å². The zero-order valence-corrected chi connectivity index (χ0v) is 15.1. The maximum atomic E-state index is 13.4. The van der Waals surface area contributed by atoms with E-state index < -0.39 is 0 Å². The zero-order chi connectivity index (χ0) is 18.1. The minimum Gasteiger partial charge on any atom is -0.380 e. The van der Waals surface area contributed by atoms with Gasteiger partial charge in [0.1, 0.15) is 0 Å². The summed E-state index contributed by atoms with van der Waals surface area (Å²) >= 11 is 0. The Morgan fingerprint density at radius 1 is 1.27 bits per heavy atom. The first kappa shape index (κ1) is 16.7. The van der Waals surface area contributed by atoms with Crippen molar-refractivity contribution in [3.63, 3.8) is 0 Å². The lowest BCUT2D eigenvalue weighted by Crippen LogP contribution is -2.47. The van der Waals surface area contributed by atoms with Gasteiger partial charge in [0, 0.05) is 37.4 Å². The lowest BCUT2D eigenvalue weighted by Gasteiger charge is -2.35. The van der Waals surface area contributed by atoms with Crippen molar-refractivity contribution in [3.05, 3.63) is 59.8 Å². The summed E-state index contributed by atoms with van der Waals surface area (Å²) in [6, 6.07) is 9.54. The van der Waals surface area contributed by atoms with Gasteiger partial charge in [-0.1, -0.05) is 18.2 Å². The van der Waals surface area contributed by atoms with Gasteiger partial charge in [0.25, 0.3) is 5.91 Å². The van der Waals surface area contributed by atoms with Crippen LogP contribution in [0, 0.1) is 0 Å². The van der Waals surface area contributed by atoms with Gasteiger partial charge < -0.3 is 14.2 Å². The van der Waals surface area contributed by atoms with Gasteiger partial charge in [0.2, 0.25) is 0 Å². The number of fused-ring (bicyclic) bond motifs is 2. The average Bonchev–Trinajstić information content (AvgIpc) is 3.04. The molecule has 3 heterocycles. The Kier molecular flexibility index (Phi) is 4.42. The highest BCUT2D eigenvalue weighted by Gasteiger charge is 2.33. The third-order valence-corrected chi connectivity index (χ3v) is 4.99. The molecule has 1 atom stereocenters. The molecular formula is C20H22N4O2. The number of rotatable bonds is 4. The van der Waals surface area contributed by atoms with Crippen LogP contribution in [0.1, 0.15) is 28.7 Å². The molecule has 2 aromatic heterocycles. The second-order valence-electron chi connectivity index (χ2n) is 6.57. The van der Waals surface area contributed by atoms with Crippen LogP contribution in [0.4, 0.5) is 0 Å². The van der Waals surface area contributed by atoms with Crippen LogP contribution in [0.2, 0.25) is 0 Å². The highest BCUT2D eigenvalue weighted by atomic mass is 16.5. The molecule has 0 saturated carbocycles. The number of ether oxygens (including phenoxy) is 1. The second kappa shape index (κ2) is 6.88. The number of carbonyl (C=O) groups is 1. The number of benzene rings is 1. The summed E-state index contributed by atoms with van der Waals surface area (Å²) in [5.74, 6) is 0.00426. The topological polar surface area (TPSA) is 60.2 Å². The first-order valence-electron chi connectivity index (χ1n) is 8.90. The quantitative estimate of drug-likeness (QED) is 0.726. The largest absolute Gasteiger partial charge is 0.380 e. The Hall–Kier alpha value is -2.73. The number of aryl methyl sites for hydroxylation is 1. The molecule has 1 unspecified atom stereocenters. The molecule has 1 amide bonds. The van der Waals surface area contributed by atoms with E-state index in [0.29, 0.717) is 25.3 Å². The van der Waals surface area contributed by atoms with E-state index in [4.69, 9.17) is 4.74 Å². The summed E-state index contributed by atoms with van der Waals surface area (Å²) in [5.41, 5.74) is 3.65. The van der Waals surface area contributed by atoms with Crippen molar-refractivity contribution >= 4 is 16.8 Å². The van der Waals surface area contributed by atoms with E-state index in [2.05, 4.69) is 9.97 Å². The van der Waals surface area contributed by atoms with Crippen molar-refractivity contribution in [1.29, 1.82) is 0 Å². The van der Waals surface area contributed by atoms with E-state index in [-0.39, 0.29) is 11.9 Å². The fourth-order valence-electron chi connectivity index (χ4n) is 3.60. The van der Waals surface area contributed by atoms with Crippen molar-refractivity contribution in [1.82, 2.24) is 19.4 Å². The Bertz CT molecular complexity index is 945. The first-order valence-corrected chi connectivity index (χ1v) is 8.90. The van der Waals surface area contributed by atoms with Crippen molar-refractivity contribution < 1.29 is 9.53 Å². The molecule has 3 aromatic rings. The summed E-state index contributed by atoms with van der Waals surface area (Å²) in [6.45, 7) is 3.63. The van der Waals surface area contributed by atoms with E-state index >= 15 is 0 Å². The van der Waals surface area contributed by atoms with Gasteiger partial charge >= 0.3 is 0 Å². The van der Waals surface area contributed by atoms with Crippen LogP contribution in [0.25, 0.3) is 10.9 Å². The standard InChI is InChI=1S/C20H22N4O2/c1-3-26-12-14-10-19-18(22-13-23(19)2)11-24(14)20(25)16-8-9-21-17-7-5-4-6-15(16)17/h4-9,13-14H,3,10-12H2,1-2H3. The Labute approximate surface area is 152 Å². The molecule has 6 nitrogen and oxygen atoms in total. The Balaban J connectivity index is 1.72. The molecule has 134 valence electrons. The molecule has 4 rings (SSSR count). The van der Waals surface area contributed by atoms with Gasteiger partial charge in [0.05, 0.1) is 42.3 Å². The summed E-state index contributed by atoms with van der Waals surface area (Å²) in [4.78, 5) is 24.1. The zero-order valence-electron chi connectivity index (χ0n) is 15.1. The molecule has 0 spiro atoms. The van der Waals surface area contributed by atoms with Crippen LogP contribution in [-0.2, 0) is 24.8 Å². The van der Waals surface area contributed by atoms with Crippen molar-refractivity contribution in [2.75, 3.05) is 13.2 Å². The molecule has 0 fully saturated rings. The predicted molar refractivity (Wildman–Crippen MR) is 98.8 cm³/mol. The number of imidazole rings is 1. The van der Waals surface area contributed by atoms with Crippen molar-refractivity contribution in [2.45, 2.75) is 25.9 Å². The molecule has 0 aliphatic carbocycles. The van der Waals surface area contributed by atoms with E-state index in [1.54, 1.807) is 12.3 Å². The minimum absolute atomic E-state index is 0.00252. The maximum absolute atomic E-state index is 13.4. The highest BCUT2D eigenvalue weighted by molar-refractivity contribution is 6.06. The Morgan fingerprint density at radius 3 is 2.96 bits per heavy atom. The summed E-state index contributed by atoms with van der Waals surface area (Å²) in [6.07, 6.45) is 4.27. The third kappa shape index (κ3) is 2.86. The molecule has 6 heteroatoms. The molecule has 0 bridgehead atoms. The summed E-state index contributed by atoms with van der Waals surface area (Å²) in [7, 11) is 2.00. The molecule has 1 aliphatic rings. The first-order chi connectivity index (χ1) is 12.7. The van der Waals surface area contributed by atoms with Crippen molar-refractivity contribution in [2.24, 2.45) is 7.05 Å². The molecule has 0 saturated heterocycles. The highest BCUT2D eigenvalue weighted by Crippen LogP contribution is 2.26. The van der Waals surface area contributed by atoms with Gasteiger partial charge in [-0.3, -0.25) is 9.78 Å². The minimum atomic E-state index is -0.00252. The van der Waals surface area contributed by atoms with E-state index in [0.717, 1.165) is 23.0 Å². The van der Waals surface area contributed by atoms with Crippen LogP contribution in [0.5, 0.6) is 0 Å². The van der Waals surface area contributed by atoms with Crippen LogP contribution in [0.3, 0.4) is 0 Å². The number of para-hydroxylation sites is 1. The average molecular weight is 350 g/mol. The van der Waals surface area contributed by atoms with Crippen molar-refractivity contribution in [3.8, 4) is 0 Å². The molecular weight excluding hydrogens is 328 g/mol. The fourth-order valence-corrected chi connectivity index (χ4v) is 3.60. The van der Waals surface area contributed by atoms with Gasteiger partial charge in [-0.25, -0.2) is 4.98 Å². The monoisotopic (exact) mass is 350 g/mol. The van der Waals surface area contributed by atoms with Crippen LogP contribution < -0.4 is 0 Å². The van der Waals surface area contributed by atoms with Crippen LogP contribution in [0.15, 0.2) is 42.9 Å². The number of amides is 1. The number of aromatic nitrogens is 3. The summed E-state index contributed by atoms with van der Waals surface area (Å²) < 4.78 is 7.71. The molecule has 0 radical (unpaired) electrons. The lowest BCUT2D eigenvalue weighted by atomic mass is 10.0. The Morgan fingerprint density at radius 2 is 2.12 bits per heavy atom. The number of carbonyl (C=O) groups excluding carboxylic acids is 1.